The Bertz CT molecular complexity index is 499. The number of aromatic carboxylic acids is 1. The molecule has 0 amide bonds. The lowest BCUT2D eigenvalue weighted by Crippen LogP contribution is -2.35. The van der Waals surface area contributed by atoms with E-state index in [0.717, 1.165) is 31.5 Å². The molecule has 0 bridgehead atoms. The van der Waals surface area contributed by atoms with Crippen molar-refractivity contribution >= 4 is 5.97 Å². The number of carboxylic acid groups (broad SMARTS) is 1. The van der Waals surface area contributed by atoms with Crippen molar-refractivity contribution in [2.75, 3.05) is 19.7 Å². The van der Waals surface area contributed by atoms with Crippen molar-refractivity contribution < 1.29 is 14.6 Å². The van der Waals surface area contributed by atoms with Crippen LogP contribution in [0.4, 0.5) is 0 Å². The smallest absolute Gasteiger partial charge is 0.339 e. The summed E-state index contributed by atoms with van der Waals surface area (Å²) in [5, 5.41) is 9.32. The minimum absolute atomic E-state index is 0.283. The Balaban J connectivity index is 2.50. The van der Waals surface area contributed by atoms with Gasteiger partial charge in [0.2, 0.25) is 0 Å². The summed E-state index contributed by atoms with van der Waals surface area (Å²) in [6, 6.07) is 4.11. The Kier molecular flexibility index (Phi) is 4.65. The summed E-state index contributed by atoms with van der Waals surface area (Å²) in [5.74, 6) is -0.419. The van der Waals surface area contributed by atoms with Gasteiger partial charge in [0.05, 0.1) is 6.61 Å². The van der Waals surface area contributed by atoms with E-state index in [1.54, 1.807) is 6.07 Å². The fourth-order valence-corrected chi connectivity index (χ4v) is 3.08. The van der Waals surface area contributed by atoms with E-state index >= 15 is 0 Å². The molecule has 1 aliphatic heterocycles. The number of rotatable bonds is 5. The Morgan fingerprint density at radius 1 is 1.40 bits per heavy atom. The third-order valence-corrected chi connectivity index (χ3v) is 4.03. The molecule has 0 saturated heterocycles. The zero-order chi connectivity index (χ0) is 14.7. The van der Waals surface area contributed by atoms with Crippen LogP contribution in [0.15, 0.2) is 12.1 Å². The van der Waals surface area contributed by atoms with Gasteiger partial charge in [0, 0.05) is 12.6 Å². The zero-order valence-corrected chi connectivity index (χ0v) is 12.5. The molecule has 1 heterocycles. The molecule has 0 aliphatic carbocycles. The molecule has 4 nitrogen and oxygen atoms in total. The number of benzene rings is 1. The summed E-state index contributed by atoms with van der Waals surface area (Å²) >= 11 is 0. The Morgan fingerprint density at radius 3 is 2.70 bits per heavy atom. The molecular weight excluding hydrogens is 254 g/mol. The number of nitrogens with zero attached hydrogens (tertiary/aromatic N) is 1. The molecule has 1 unspecified atom stereocenters. The summed E-state index contributed by atoms with van der Waals surface area (Å²) in [4.78, 5) is 13.8. The maximum atomic E-state index is 11.4. The third kappa shape index (κ3) is 2.66. The molecule has 2 rings (SSSR count). The SMILES string of the molecule is CCOc1cc2c(cc1C(=O)O)CCN(CC)C2CC. The maximum Gasteiger partial charge on any atom is 0.339 e. The number of hydrogen-bond donors (Lipinski definition) is 1. The molecule has 1 aromatic rings. The third-order valence-electron chi connectivity index (χ3n) is 4.03. The van der Waals surface area contributed by atoms with Crippen molar-refractivity contribution in [2.24, 2.45) is 0 Å². The summed E-state index contributed by atoms with van der Waals surface area (Å²) in [6.45, 7) is 8.71. The fraction of sp³-hybridized carbons (Fsp3) is 0.562. The van der Waals surface area contributed by atoms with Crippen molar-refractivity contribution in [3.8, 4) is 5.75 Å². The van der Waals surface area contributed by atoms with Gasteiger partial charge in [-0.3, -0.25) is 4.90 Å². The summed E-state index contributed by atoms with van der Waals surface area (Å²) in [5.41, 5.74) is 2.67. The van der Waals surface area contributed by atoms with Gasteiger partial charge < -0.3 is 9.84 Å². The average molecular weight is 277 g/mol. The minimum Gasteiger partial charge on any atom is -0.493 e. The highest BCUT2D eigenvalue weighted by Crippen LogP contribution is 2.36. The van der Waals surface area contributed by atoms with Crippen molar-refractivity contribution in [1.29, 1.82) is 0 Å². The van der Waals surface area contributed by atoms with Crippen LogP contribution < -0.4 is 4.74 Å². The number of fused-ring (bicyclic) bond motifs is 1. The van der Waals surface area contributed by atoms with Gasteiger partial charge in [-0.05, 0) is 49.6 Å². The van der Waals surface area contributed by atoms with Gasteiger partial charge in [-0.15, -0.1) is 0 Å². The van der Waals surface area contributed by atoms with Gasteiger partial charge in [0.15, 0.2) is 0 Å². The second kappa shape index (κ2) is 6.27. The number of hydrogen-bond acceptors (Lipinski definition) is 3. The largest absolute Gasteiger partial charge is 0.493 e. The topological polar surface area (TPSA) is 49.8 Å². The first kappa shape index (κ1) is 14.9. The Morgan fingerprint density at radius 2 is 2.15 bits per heavy atom. The van der Waals surface area contributed by atoms with Gasteiger partial charge in [-0.25, -0.2) is 4.79 Å². The van der Waals surface area contributed by atoms with Crippen LogP contribution in [0.3, 0.4) is 0 Å². The van der Waals surface area contributed by atoms with Crippen molar-refractivity contribution in [3.63, 3.8) is 0 Å². The molecule has 0 aromatic heterocycles. The molecule has 0 radical (unpaired) electrons. The van der Waals surface area contributed by atoms with E-state index in [1.165, 1.54) is 5.56 Å². The van der Waals surface area contributed by atoms with Gasteiger partial charge >= 0.3 is 5.97 Å². The van der Waals surface area contributed by atoms with Gasteiger partial charge in [-0.2, -0.15) is 0 Å². The molecule has 1 atom stereocenters. The molecule has 0 saturated carbocycles. The van der Waals surface area contributed by atoms with Gasteiger partial charge in [-0.1, -0.05) is 13.8 Å². The van der Waals surface area contributed by atoms with Crippen LogP contribution in [0.2, 0.25) is 0 Å². The normalized spacial score (nSPS) is 18.6. The van der Waals surface area contributed by atoms with Crippen molar-refractivity contribution in [2.45, 2.75) is 39.7 Å². The highest BCUT2D eigenvalue weighted by Gasteiger charge is 2.27. The molecule has 0 fully saturated rings. The predicted molar refractivity (Wildman–Crippen MR) is 78.6 cm³/mol. The van der Waals surface area contributed by atoms with Crippen LogP contribution in [-0.2, 0) is 6.42 Å². The lowest BCUT2D eigenvalue weighted by Gasteiger charge is -2.36. The second-order valence-electron chi connectivity index (χ2n) is 5.09. The summed E-state index contributed by atoms with van der Waals surface area (Å²) in [7, 11) is 0. The number of ether oxygens (including phenoxy) is 1. The van der Waals surface area contributed by atoms with E-state index < -0.39 is 5.97 Å². The van der Waals surface area contributed by atoms with Crippen molar-refractivity contribution in [1.82, 2.24) is 4.90 Å². The highest BCUT2D eigenvalue weighted by atomic mass is 16.5. The maximum absolute atomic E-state index is 11.4. The van der Waals surface area contributed by atoms with Gasteiger partial charge in [0.1, 0.15) is 11.3 Å². The number of carbonyl (C=O) groups is 1. The minimum atomic E-state index is -0.915. The van der Waals surface area contributed by atoms with Crippen LogP contribution >= 0.6 is 0 Å². The first-order chi connectivity index (χ1) is 9.62. The van der Waals surface area contributed by atoms with Crippen LogP contribution in [0.25, 0.3) is 0 Å². The van der Waals surface area contributed by atoms with Crippen molar-refractivity contribution in [3.05, 3.63) is 28.8 Å². The molecule has 110 valence electrons. The molecular formula is C16H23NO3. The summed E-state index contributed by atoms with van der Waals surface area (Å²) in [6.07, 6.45) is 1.94. The van der Waals surface area contributed by atoms with Crippen LogP contribution in [-0.4, -0.2) is 35.7 Å². The van der Waals surface area contributed by atoms with E-state index in [9.17, 15) is 9.90 Å². The molecule has 1 N–H and O–H groups in total. The van der Waals surface area contributed by atoms with Gasteiger partial charge in [0.25, 0.3) is 0 Å². The highest BCUT2D eigenvalue weighted by molar-refractivity contribution is 5.91. The van der Waals surface area contributed by atoms with Crippen LogP contribution in [0.1, 0.15) is 54.7 Å². The van der Waals surface area contributed by atoms with E-state index in [1.807, 2.05) is 13.0 Å². The van der Waals surface area contributed by atoms with E-state index in [0.29, 0.717) is 18.4 Å². The number of carboxylic acids is 1. The number of likely N-dealkylation sites (N-methyl/N-ethyl adjacent to an activating group) is 1. The van der Waals surface area contributed by atoms with Crippen LogP contribution in [0, 0.1) is 0 Å². The lowest BCUT2D eigenvalue weighted by molar-refractivity contribution is 0.0692. The fourth-order valence-electron chi connectivity index (χ4n) is 3.08. The monoisotopic (exact) mass is 277 g/mol. The molecule has 1 aromatic carbocycles. The van der Waals surface area contributed by atoms with E-state index in [4.69, 9.17) is 4.74 Å². The molecule has 0 spiro atoms. The van der Waals surface area contributed by atoms with Crippen LogP contribution in [0.5, 0.6) is 5.75 Å². The lowest BCUT2D eigenvalue weighted by atomic mass is 9.89. The summed E-state index contributed by atoms with van der Waals surface area (Å²) < 4.78 is 5.53. The molecule has 20 heavy (non-hydrogen) atoms. The Labute approximate surface area is 120 Å². The zero-order valence-electron chi connectivity index (χ0n) is 12.5. The van der Waals surface area contributed by atoms with E-state index in [-0.39, 0.29) is 5.56 Å². The Hall–Kier alpha value is -1.55. The average Bonchev–Trinajstić information content (AvgIpc) is 2.45. The first-order valence-corrected chi connectivity index (χ1v) is 7.39. The second-order valence-corrected chi connectivity index (χ2v) is 5.09. The molecule has 4 heteroatoms. The molecule has 1 aliphatic rings. The quantitative estimate of drug-likeness (QED) is 0.898. The standard InChI is InChI=1S/C16H23NO3/c1-4-14-12-10-15(20-6-3)13(16(18)19)9-11(12)7-8-17(14)5-2/h9-10,14H,4-8H2,1-3H3,(H,18,19). The van der Waals surface area contributed by atoms with E-state index in [2.05, 4.69) is 18.7 Å². The first-order valence-electron chi connectivity index (χ1n) is 7.39. The predicted octanol–water partition coefficient (Wildman–Crippen LogP) is 3.11.